The second-order valence-corrected chi connectivity index (χ2v) is 8.48. The van der Waals surface area contributed by atoms with Gasteiger partial charge in [-0.3, -0.25) is 9.52 Å². The van der Waals surface area contributed by atoms with E-state index in [1.807, 2.05) is 13.8 Å². The lowest BCUT2D eigenvalue weighted by molar-refractivity contribution is -0.118. The number of fused-ring (bicyclic) bond motifs is 1. The minimum Gasteiger partial charge on any atom is -0.326 e. The van der Waals surface area contributed by atoms with Crippen molar-refractivity contribution in [2.45, 2.75) is 18.7 Å². The van der Waals surface area contributed by atoms with Crippen LogP contribution in [0.4, 0.5) is 10.8 Å². The molecule has 0 radical (unpaired) electrons. The van der Waals surface area contributed by atoms with E-state index in [0.717, 1.165) is 4.70 Å². The molecule has 1 aromatic heterocycles. The molecule has 0 aliphatic rings. The molecule has 6 nitrogen and oxygen atoms in total. The van der Waals surface area contributed by atoms with Crippen molar-refractivity contribution in [3.05, 3.63) is 48.5 Å². The highest BCUT2D eigenvalue weighted by atomic mass is 32.2. The van der Waals surface area contributed by atoms with E-state index < -0.39 is 10.0 Å². The molecule has 8 heteroatoms. The number of amides is 1. The van der Waals surface area contributed by atoms with E-state index in [4.69, 9.17) is 0 Å². The van der Waals surface area contributed by atoms with Gasteiger partial charge in [0, 0.05) is 11.6 Å². The van der Waals surface area contributed by atoms with Gasteiger partial charge in [-0.05, 0) is 30.3 Å². The molecule has 3 rings (SSSR count). The predicted molar refractivity (Wildman–Crippen MR) is 100 cm³/mol. The third kappa shape index (κ3) is 3.97. The summed E-state index contributed by atoms with van der Waals surface area (Å²) < 4.78 is 28.0. The molecule has 130 valence electrons. The highest BCUT2D eigenvalue weighted by molar-refractivity contribution is 7.93. The van der Waals surface area contributed by atoms with Crippen LogP contribution in [0.3, 0.4) is 0 Å². The zero-order valence-corrected chi connectivity index (χ0v) is 15.3. The average molecular weight is 375 g/mol. The number of rotatable bonds is 5. The summed E-state index contributed by atoms with van der Waals surface area (Å²) in [6, 6.07) is 13.4. The Balaban J connectivity index is 1.85. The van der Waals surface area contributed by atoms with Gasteiger partial charge >= 0.3 is 0 Å². The number of aromatic nitrogens is 1. The summed E-state index contributed by atoms with van der Waals surface area (Å²) in [5.74, 6) is -0.195. The van der Waals surface area contributed by atoms with Crippen LogP contribution < -0.4 is 10.0 Å². The predicted octanol–water partition coefficient (Wildman–Crippen LogP) is 3.69. The molecular weight excluding hydrogens is 358 g/mol. The summed E-state index contributed by atoms with van der Waals surface area (Å²) in [7, 11) is -3.67. The van der Waals surface area contributed by atoms with Crippen LogP contribution in [-0.2, 0) is 14.8 Å². The Hall–Kier alpha value is -2.45. The first-order chi connectivity index (χ1) is 11.8. The number of hydrogen-bond donors (Lipinski definition) is 2. The zero-order chi connectivity index (χ0) is 18.0. The normalized spacial score (nSPS) is 11.6. The molecular formula is C17H17N3O3S2. The van der Waals surface area contributed by atoms with Crippen molar-refractivity contribution < 1.29 is 13.2 Å². The molecule has 3 aromatic rings. The molecule has 1 amide bonds. The minimum atomic E-state index is -3.67. The topological polar surface area (TPSA) is 88.2 Å². The third-order valence-corrected chi connectivity index (χ3v) is 5.87. The van der Waals surface area contributed by atoms with Crippen molar-refractivity contribution in [2.24, 2.45) is 5.92 Å². The highest BCUT2D eigenvalue weighted by Crippen LogP contribution is 2.30. The van der Waals surface area contributed by atoms with E-state index in [1.54, 1.807) is 36.4 Å². The molecule has 2 N–H and O–H groups in total. The lowest BCUT2D eigenvalue weighted by atomic mass is 10.2. The second-order valence-electron chi connectivity index (χ2n) is 5.76. The maximum atomic E-state index is 12.4. The van der Waals surface area contributed by atoms with E-state index in [0.29, 0.717) is 11.2 Å². The van der Waals surface area contributed by atoms with Gasteiger partial charge in [-0.2, -0.15) is 0 Å². The number of anilines is 2. The summed E-state index contributed by atoms with van der Waals surface area (Å²) in [6.07, 6.45) is 0. The Kier molecular flexibility index (Phi) is 4.73. The van der Waals surface area contributed by atoms with Crippen molar-refractivity contribution in [2.75, 3.05) is 10.0 Å². The SMILES string of the molecule is CC(C)C(=O)Nc1ccc2nc(NS(=O)(=O)c3ccccc3)sc2c1. The number of sulfonamides is 1. The van der Waals surface area contributed by atoms with Crippen molar-refractivity contribution >= 4 is 48.3 Å². The molecule has 0 spiro atoms. The number of carbonyl (C=O) groups excluding carboxylic acids is 1. The molecule has 0 atom stereocenters. The van der Waals surface area contributed by atoms with Gasteiger partial charge in [-0.25, -0.2) is 13.4 Å². The fourth-order valence-electron chi connectivity index (χ4n) is 2.11. The number of benzene rings is 2. The van der Waals surface area contributed by atoms with Crippen molar-refractivity contribution in [3.8, 4) is 0 Å². The smallest absolute Gasteiger partial charge is 0.263 e. The second kappa shape index (κ2) is 6.81. The maximum absolute atomic E-state index is 12.4. The summed E-state index contributed by atoms with van der Waals surface area (Å²) in [6.45, 7) is 3.63. The Morgan fingerprint density at radius 3 is 2.52 bits per heavy atom. The first-order valence-electron chi connectivity index (χ1n) is 7.64. The summed E-state index contributed by atoms with van der Waals surface area (Å²) in [5, 5.41) is 3.10. The molecule has 0 aliphatic heterocycles. The van der Waals surface area contributed by atoms with Crippen LogP contribution in [0.2, 0.25) is 0 Å². The molecule has 0 saturated heterocycles. The van der Waals surface area contributed by atoms with Gasteiger partial charge in [0.05, 0.1) is 15.1 Å². The van der Waals surface area contributed by atoms with Crippen molar-refractivity contribution in [3.63, 3.8) is 0 Å². The van der Waals surface area contributed by atoms with Gasteiger partial charge in [-0.1, -0.05) is 43.4 Å². The largest absolute Gasteiger partial charge is 0.326 e. The van der Waals surface area contributed by atoms with Crippen LogP contribution in [0.1, 0.15) is 13.8 Å². The monoisotopic (exact) mass is 375 g/mol. The Bertz CT molecular complexity index is 1010. The van der Waals surface area contributed by atoms with Gasteiger partial charge in [0.15, 0.2) is 5.13 Å². The Labute approximate surface area is 150 Å². The minimum absolute atomic E-state index is 0.0751. The van der Waals surface area contributed by atoms with E-state index in [2.05, 4.69) is 15.0 Å². The fourth-order valence-corrected chi connectivity index (χ4v) is 4.27. The average Bonchev–Trinajstić information content (AvgIpc) is 2.96. The summed E-state index contributed by atoms with van der Waals surface area (Å²) in [4.78, 5) is 16.3. The van der Waals surface area contributed by atoms with Gasteiger partial charge in [0.25, 0.3) is 10.0 Å². The van der Waals surface area contributed by atoms with Gasteiger partial charge in [0.1, 0.15) is 0 Å². The maximum Gasteiger partial charge on any atom is 0.263 e. The van der Waals surface area contributed by atoms with Gasteiger partial charge < -0.3 is 5.32 Å². The number of nitrogens with one attached hydrogen (secondary N) is 2. The first-order valence-corrected chi connectivity index (χ1v) is 9.94. The van der Waals surface area contributed by atoms with Crippen LogP contribution in [0.15, 0.2) is 53.4 Å². The molecule has 0 aliphatic carbocycles. The van der Waals surface area contributed by atoms with E-state index in [9.17, 15) is 13.2 Å². The third-order valence-electron chi connectivity index (χ3n) is 3.46. The van der Waals surface area contributed by atoms with Crippen LogP contribution in [0.25, 0.3) is 10.2 Å². The van der Waals surface area contributed by atoms with Crippen LogP contribution in [0.5, 0.6) is 0 Å². The molecule has 0 bridgehead atoms. The van der Waals surface area contributed by atoms with Crippen LogP contribution in [-0.4, -0.2) is 19.3 Å². The van der Waals surface area contributed by atoms with Crippen molar-refractivity contribution in [1.29, 1.82) is 0 Å². The number of thiazole rings is 1. The number of hydrogen-bond acceptors (Lipinski definition) is 5. The van der Waals surface area contributed by atoms with E-state index >= 15 is 0 Å². The first kappa shape index (κ1) is 17.4. The molecule has 0 saturated carbocycles. The lowest BCUT2D eigenvalue weighted by Gasteiger charge is -2.06. The van der Waals surface area contributed by atoms with Crippen LogP contribution in [0, 0.1) is 5.92 Å². The fraction of sp³-hybridized carbons (Fsp3) is 0.176. The molecule has 0 fully saturated rings. The zero-order valence-electron chi connectivity index (χ0n) is 13.7. The Morgan fingerprint density at radius 2 is 1.84 bits per heavy atom. The van der Waals surface area contributed by atoms with Gasteiger partial charge in [0.2, 0.25) is 5.91 Å². The van der Waals surface area contributed by atoms with E-state index in [-0.39, 0.29) is 21.9 Å². The summed E-state index contributed by atoms with van der Waals surface area (Å²) in [5.41, 5.74) is 1.32. The van der Waals surface area contributed by atoms with Crippen molar-refractivity contribution in [1.82, 2.24) is 4.98 Å². The van der Waals surface area contributed by atoms with Crippen LogP contribution >= 0.6 is 11.3 Å². The summed E-state index contributed by atoms with van der Waals surface area (Å²) >= 11 is 1.22. The molecule has 25 heavy (non-hydrogen) atoms. The lowest BCUT2D eigenvalue weighted by Crippen LogP contribution is -2.17. The van der Waals surface area contributed by atoms with Gasteiger partial charge in [-0.15, -0.1) is 0 Å². The highest BCUT2D eigenvalue weighted by Gasteiger charge is 2.16. The molecule has 0 unspecified atom stereocenters. The quantitative estimate of drug-likeness (QED) is 0.712. The molecule has 2 aromatic carbocycles. The number of nitrogens with zero attached hydrogens (tertiary/aromatic N) is 1. The van der Waals surface area contributed by atoms with E-state index in [1.165, 1.54) is 23.5 Å². The number of carbonyl (C=O) groups is 1. The Morgan fingerprint density at radius 1 is 1.12 bits per heavy atom. The molecule has 1 heterocycles. The standard InChI is InChI=1S/C17H17N3O3S2/c1-11(2)16(21)18-12-8-9-14-15(10-12)24-17(19-14)20-25(22,23)13-6-4-3-5-7-13/h3-11H,1-2H3,(H,18,21)(H,19,20).